The number of rotatable bonds is 4. The van der Waals surface area contributed by atoms with Gasteiger partial charge in [-0.05, 0) is 42.7 Å². The van der Waals surface area contributed by atoms with Crippen molar-refractivity contribution in [2.75, 3.05) is 18.4 Å². The van der Waals surface area contributed by atoms with E-state index < -0.39 is 11.6 Å². The number of carbonyl (C=O) groups excluding carboxylic acids is 1. The van der Waals surface area contributed by atoms with Crippen LogP contribution < -0.4 is 5.32 Å². The highest BCUT2D eigenvalue weighted by molar-refractivity contribution is 5.89. The van der Waals surface area contributed by atoms with Crippen LogP contribution in [0.3, 0.4) is 0 Å². The molecule has 3 rings (SSSR count). The molecule has 1 N–H and O–H groups in total. The van der Waals surface area contributed by atoms with Crippen molar-refractivity contribution in [1.82, 2.24) is 4.90 Å². The first-order chi connectivity index (χ1) is 12.1. The monoisotopic (exact) mass is 346 g/mol. The van der Waals surface area contributed by atoms with Crippen molar-refractivity contribution in [2.45, 2.75) is 25.6 Å². The second kappa shape index (κ2) is 8.07. The van der Waals surface area contributed by atoms with Gasteiger partial charge < -0.3 is 15.0 Å². The van der Waals surface area contributed by atoms with Crippen molar-refractivity contribution in [3.05, 3.63) is 65.7 Å². The summed E-state index contributed by atoms with van der Waals surface area (Å²) in [7, 11) is 0. The molecule has 1 saturated heterocycles. The van der Waals surface area contributed by atoms with Gasteiger partial charge in [0.25, 0.3) is 0 Å². The van der Waals surface area contributed by atoms with E-state index in [1.54, 1.807) is 4.90 Å². The normalized spacial score (nSPS) is 17.4. The first-order valence-corrected chi connectivity index (χ1v) is 8.28. The maximum absolute atomic E-state index is 13.2. The van der Waals surface area contributed by atoms with Gasteiger partial charge in [-0.1, -0.05) is 24.3 Å². The van der Waals surface area contributed by atoms with E-state index in [-0.39, 0.29) is 18.7 Å². The Morgan fingerprint density at radius 1 is 1.16 bits per heavy atom. The Balaban J connectivity index is 1.52. The summed E-state index contributed by atoms with van der Waals surface area (Å²) in [6.07, 6.45) is 1.55. The second-order valence-corrected chi connectivity index (χ2v) is 6.07. The zero-order valence-electron chi connectivity index (χ0n) is 13.8. The van der Waals surface area contributed by atoms with E-state index in [2.05, 4.69) is 5.32 Å². The van der Waals surface area contributed by atoms with E-state index in [1.807, 2.05) is 30.3 Å². The number of nitrogens with zero attached hydrogens (tertiary/aromatic N) is 1. The van der Waals surface area contributed by atoms with Crippen molar-refractivity contribution in [3.8, 4) is 0 Å². The van der Waals surface area contributed by atoms with Gasteiger partial charge in [0.05, 0.1) is 12.7 Å². The Morgan fingerprint density at radius 2 is 1.96 bits per heavy atom. The fourth-order valence-electron chi connectivity index (χ4n) is 2.83. The molecule has 0 aromatic heterocycles. The number of benzene rings is 2. The maximum atomic E-state index is 13.2. The molecule has 132 valence electrons. The van der Waals surface area contributed by atoms with E-state index >= 15 is 0 Å². The van der Waals surface area contributed by atoms with Crippen molar-refractivity contribution < 1.29 is 18.3 Å². The Bertz CT molecular complexity index is 725. The summed E-state index contributed by atoms with van der Waals surface area (Å²) in [6.45, 7) is 1.34. The van der Waals surface area contributed by atoms with Crippen molar-refractivity contribution in [1.29, 1.82) is 0 Å². The first-order valence-electron chi connectivity index (χ1n) is 8.28. The lowest BCUT2D eigenvalue weighted by molar-refractivity contribution is 0.000903. The number of amides is 2. The van der Waals surface area contributed by atoms with Gasteiger partial charge in [-0.25, -0.2) is 13.6 Å². The average molecular weight is 346 g/mol. The van der Waals surface area contributed by atoms with Crippen LogP contribution in [0.5, 0.6) is 0 Å². The van der Waals surface area contributed by atoms with Crippen LogP contribution in [0.4, 0.5) is 19.3 Å². The molecule has 1 aliphatic heterocycles. The highest BCUT2D eigenvalue weighted by Crippen LogP contribution is 2.17. The van der Waals surface area contributed by atoms with Crippen molar-refractivity contribution in [3.63, 3.8) is 0 Å². The molecule has 2 aromatic carbocycles. The molecule has 1 heterocycles. The molecular weight excluding hydrogens is 326 g/mol. The molecule has 4 nitrogen and oxygen atoms in total. The quantitative estimate of drug-likeness (QED) is 0.902. The molecule has 0 bridgehead atoms. The molecule has 0 unspecified atom stereocenters. The van der Waals surface area contributed by atoms with Crippen molar-refractivity contribution >= 4 is 11.7 Å². The standard InChI is InChI=1S/C19H20F2N2O2/c20-17-9-8-14(11-18(17)21)13-25-16-7-4-10-23(12-16)19(24)22-15-5-2-1-3-6-15/h1-3,5-6,8-9,11,16H,4,7,10,12-13H2,(H,22,24)/t16-/m0/s1. The van der Waals surface area contributed by atoms with Gasteiger partial charge in [-0.2, -0.15) is 0 Å². The lowest BCUT2D eigenvalue weighted by atomic mass is 10.1. The number of likely N-dealkylation sites (tertiary alicyclic amines) is 1. The lowest BCUT2D eigenvalue weighted by Gasteiger charge is -2.32. The fraction of sp³-hybridized carbons (Fsp3) is 0.316. The van der Waals surface area contributed by atoms with Crippen LogP contribution in [0, 0.1) is 11.6 Å². The van der Waals surface area contributed by atoms with Gasteiger partial charge in [0.1, 0.15) is 0 Å². The van der Waals surface area contributed by atoms with Crippen LogP contribution in [0.2, 0.25) is 0 Å². The van der Waals surface area contributed by atoms with Gasteiger partial charge in [0.2, 0.25) is 0 Å². The molecule has 6 heteroatoms. The molecule has 0 saturated carbocycles. The molecular formula is C19H20F2N2O2. The zero-order valence-corrected chi connectivity index (χ0v) is 13.8. The van der Waals surface area contributed by atoms with Crippen LogP contribution in [-0.4, -0.2) is 30.1 Å². The van der Waals surface area contributed by atoms with Crippen LogP contribution in [-0.2, 0) is 11.3 Å². The van der Waals surface area contributed by atoms with Crippen LogP contribution in [0.1, 0.15) is 18.4 Å². The minimum absolute atomic E-state index is 0.122. The third kappa shape index (κ3) is 4.76. The van der Waals surface area contributed by atoms with Gasteiger partial charge >= 0.3 is 6.03 Å². The van der Waals surface area contributed by atoms with E-state index in [0.29, 0.717) is 18.7 Å². The summed E-state index contributed by atoms with van der Waals surface area (Å²) in [5, 5.41) is 2.86. The molecule has 0 aliphatic carbocycles. The summed E-state index contributed by atoms with van der Waals surface area (Å²) >= 11 is 0. The Kier molecular flexibility index (Phi) is 5.60. The molecule has 2 aromatic rings. The minimum atomic E-state index is -0.881. The highest BCUT2D eigenvalue weighted by Gasteiger charge is 2.24. The third-order valence-electron chi connectivity index (χ3n) is 4.16. The zero-order chi connectivity index (χ0) is 17.6. The number of hydrogen-bond acceptors (Lipinski definition) is 2. The summed E-state index contributed by atoms with van der Waals surface area (Å²) < 4.78 is 32.0. The molecule has 1 fully saturated rings. The summed E-state index contributed by atoms with van der Waals surface area (Å²) in [4.78, 5) is 14.1. The Labute approximate surface area is 145 Å². The summed E-state index contributed by atoms with van der Waals surface area (Å²) in [5.74, 6) is -1.75. The fourth-order valence-corrected chi connectivity index (χ4v) is 2.83. The van der Waals surface area contributed by atoms with E-state index in [9.17, 15) is 13.6 Å². The van der Waals surface area contributed by atoms with Crippen LogP contribution in [0.15, 0.2) is 48.5 Å². The smallest absolute Gasteiger partial charge is 0.321 e. The summed E-state index contributed by atoms with van der Waals surface area (Å²) in [6, 6.07) is 12.8. The largest absolute Gasteiger partial charge is 0.372 e. The van der Waals surface area contributed by atoms with E-state index in [0.717, 1.165) is 30.7 Å². The third-order valence-corrected chi connectivity index (χ3v) is 4.16. The number of carbonyl (C=O) groups is 1. The molecule has 2 amide bonds. The first kappa shape index (κ1) is 17.4. The topological polar surface area (TPSA) is 41.6 Å². The van der Waals surface area contributed by atoms with Gasteiger partial charge in [0, 0.05) is 18.8 Å². The number of hydrogen-bond donors (Lipinski definition) is 1. The van der Waals surface area contributed by atoms with Crippen LogP contribution in [0.25, 0.3) is 0 Å². The number of halogens is 2. The number of anilines is 1. The maximum Gasteiger partial charge on any atom is 0.321 e. The molecule has 0 radical (unpaired) electrons. The van der Waals surface area contributed by atoms with Gasteiger partial charge in [-0.3, -0.25) is 0 Å². The van der Waals surface area contributed by atoms with E-state index in [1.165, 1.54) is 6.07 Å². The SMILES string of the molecule is O=C(Nc1ccccc1)N1CCC[C@H](OCc2ccc(F)c(F)c2)C1. The summed E-state index contributed by atoms with van der Waals surface area (Å²) in [5.41, 5.74) is 1.32. The Hall–Kier alpha value is -2.47. The number of ether oxygens (including phenoxy) is 1. The van der Waals surface area contributed by atoms with E-state index in [4.69, 9.17) is 4.74 Å². The molecule has 1 atom stereocenters. The average Bonchev–Trinajstić information content (AvgIpc) is 2.64. The predicted octanol–water partition coefficient (Wildman–Crippen LogP) is 4.18. The lowest BCUT2D eigenvalue weighted by Crippen LogP contribution is -2.45. The second-order valence-electron chi connectivity index (χ2n) is 6.07. The molecule has 0 spiro atoms. The van der Waals surface area contributed by atoms with Crippen LogP contribution >= 0.6 is 0 Å². The van der Waals surface area contributed by atoms with Gasteiger partial charge in [-0.15, -0.1) is 0 Å². The van der Waals surface area contributed by atoms with Gasteiger partial charge in [0.15, 0.2) is 11.6 Å². The molecule has 25 heavy (non-hydrogen) atoms. The minimum Gasteiger partial charge on any atom is -0.372 e. The number of para-hydroxylation sites is 1. The number of urea groups is 1. The number of piperidine rings is 1. The molecule has 1 aliphatic rings. The Morgan fingerprint density at radius 3 is 2.72 bits per heavy atom. The highest BCUT2D eigenvalue weighted by atomic mass is 19.2. The van der Waals surface area contributed by atoms with Crippen molar-refractivity contribution in [2.24, 2.45) is 0 Å². The number of nitrogens with one attached hydrogen (secondary N) is 1. The predicted molar refractivity (Wildman–Crippen MR) is 91.2 cm³/mol.